The number of halogens is 1. The Morgan fingerprint density at radius 3 is 2.58 bits per heavy atom. The van der Waals surface area contributed by atoms with Gasteiger partial charge < -0.3 is 19.9 Å². The molecule has 1 amide bonds. The molecule has 1 spiro atoms. The topological polar surface area (TPSA) is 160 Å². The number of anilines is 3. The molecule has 1 fully saturated rings. The standard InChI is InChI=1S/C27H31FN10O4S/c1-15(2)29-6-7-42-24-21(33-43(5,40)41)8-16(11-31-24)17-9-18-20(10-19(17)28)30-12-22-23(18)27(25(39)36(22)3)13-38(14-27)26-32-34-35-37(26)4/h8-12,15,29,33H,6-7,13-14H2,1-5H3. The molecule has 5 heterocycles. The Kier molecular flexibility index (Phi) is 6.92. The van der Waals surface area contributed by atoms with Crippen molar-refractivity contribution in [1.82, 2.24) is 35.5 Å². The van der Waals surface area contributed by atoms with Gasteiger partial charge in [0.05, 0.1) is 23.7 Å². The molecule has 14 nitrogen and oxygen atoms in total. The number of benzene rings is 1. The Morgan fingerprint density at radius 2 is 1.91 bits per heavy atom. The van der Waals surface area contributed by atoms with Gasteiger partial charge >= 0.3 is 0 Å². The third-order valence-corrected chi connectivity index (χ3v) is 8.23. The molecule has 0 aliphatic carbocycles. The first-order valence-corrected chi connectivity index (χ1v) is 15.5. The predicted molar refractivity (Wildman–Crippen MR) is 158 cm³/mol. The number of tetrazole rings is 1. The highest BCUT2D eigenvalue weighted by molar-refractivity contribution is 7.92. The van der Waals surface area contributed by atoms with E-state index in [4.69, 9.17) is 4.74 Å². The van der Waals surface area contributed by atoms with Crippen molar-refractivity contribution >= 4 is 44.2 Å². The monoisotopic (exact) mass is 610 g/mol. The van der Waals surface area contributed by atoms with Gasteiger partial charge in [0.15, 0.2) is 0 Å². The van der Waals surface area contributed by atoms with Crippen LogP contribution in [0.5, 0.6) is 5.88 Å². The number of hydrogen-bond donors (Lipinski definition) is 2. The molecule has 0 radical (unpaired) electrons. The summed E-state index contributed by atoms with van der Waals surface area (Å²) >= 11 is 0. The van der Waals surface area contributed by atoms with Crippen LogP contribution in [0.15, 0.2) is 30.6 Å². The Balaban J connectivity index is 1.42. The van der Waals surface area contributed by atoms with Gasteiger partial charge in [-0.15, -0.1) is 0 Å². The number of amides is 1. The molecule has 0 atom stereocenters. The highest BCUT2D eigenvalue weighted by Crippen LogP contribution is 2.50. The fourth-order valence-corrected chi connectivity index (χ4v) is 6.28. The minimum atomic E-state index is -3.70. The van der Waals surface area contributed by atoms with Gasteiger partial charge in [-0.05, 0) is 22.6 Å². The molecule has 16 heteroatoms. The number of nitrogens with zero attached hydrogens (tertiary/aromatic N) is 8. The maximum Gasteiger partial charge on any atom is 0.245 e. The van der Waals surface area contributed by atoms with Crippen LogP contribution in [-0.2, 0) is 27.3 Å². The molecular weight excluding hydrogens is 579 g/mol. The number of carbonyl (C=O) groups excluding carboxylic acids is 1. The van der Waals surface area contributed by atoms with Crippen molar-refractivity contribution in [3.63, 3.8) is 0 Å². The summed E-state index contributed by atoms with van der Waals surface area (Å²) in [4.78, 5) is 25.9. The Morgan fingerprint density at radius 1 is 1.14 bits per heavy atom. The molecule has 3 aromatic heterocycles. The van der Waals surface area contributed by atoms with Crippen LogP contribution < -0.4 is 24.6 Å². The van der Waals surface area contributed by atoms with Crippen molar-refractivity contribution in [3.8, 4) is 17.0 Å². The summed E-state index contributed by atoms with van der Waals surface area (Å²) < 4.78 is 49.6. The first-order chi connectivity index (χ1) is 20.4. The van der Waals surface area contributed by atoms with Crippen molar-refractivity contribution in [1.29, 1.82) is 0 Å². The van der Waals surface area contributed by atoms with E-state index in [0.717, 1.165) is 11.8 Å². The molecule has 2 aliphatic heterocycles. The summed E-state index contributed by atoms with van der Waals surface area (Å²) in [5, 5.41) is 15.5. The number of hydrogen-bond acceptors (Lipinski definition) is 11. The number of rotatable bonds is 9. The number of carbonyl (C=O) groups is 1. The Labute approximate surface area is 247 Å². The quantitative estimate of drug-likeness (QED) is 0.264. The summed E-state index contributed by atoms with van der Waals surface area (Å²) in [7, 11) is -0.274. The van der Waals surface area contributed by atoms with Gasteiger partial charge in [-0.2, -0.15) is 0 Å². The second-order valence-corrected chi connectivity index (χ2v) is 12.9. The van der Waals surface area contributed by atoms with Crippen molar-refractivity contribution in [2.24, 2.45) is 7.05 Å². The van der Waals surface area contributed by atoms with Gasteiger partial charge in [0, 0.05) is 74.1 Å². The van der Waals surface area contributed by atoms with Crippen LogP contribution in [0, 0.1) is 5.82 Å². The lowest BCUT2D eigenvalue weighted by molar-refractivity contribution is -0.123. The molecule has 0 unspecified atom stereocenters. The second kappa shape index (κ2) is 10.4. The van der Waals surface area contributed by atoms with E-state index < -0.39 is 21.3 Å². The average molecular weight is 611 g/mol. The molecule has 4 aromatic rings. The van der Waals surface area contributed by atoms with E-state index in [-0.39, 0.29) is 35.7 Å². The zero-order chi connectivity index (χ0) is 30.7. The molecule has 0 saturated carbocycles. The number of ether oxygens (including phenoxy) is 1. The first kappa shape index (κ1) is 28.7. The maximum absolute atomic E-state index is 15.6. The number of fused-ring (bicyclic) bond motifs is 4. The van der Waals surface area contributed by atoms with Crippen molar-refractivity contribution in [2.75, 3.05) is 54.1 Å². The SMILES string of the molecule is CC(C)NCCOc1ncc(-c2cc3c4c(cnc3cc2F)N(C)C(=O)C42CN(c3nnnn3C)C2)cc1NS(C)(=O)=O. The largest absolute Gasteiger partial charge is 0.475 e. The zero-order valence-electron chi connectivity index (χ0n) is 24.3. The minimum absolute atomic E-state index is 0.0717. The maximum atomic E-state index is 15.6. The van der Waals surface area contributed by atoms with Crippen LogP contribution in [0.1, 0.15) is 19.4 Å². The molecule has 6 rings (SSSR count). The molecular formula is C27H31FN10O4S. The van der Waals surface area contributed by atoms with Gasteiger partial charge in [-0.1, -0.05) is 18.9 Å². The average Bonchev–Trinajstić information content (AvgIpc) is 3.43. The van der Waals surface area contributed by atoms with Crippen LogP contribution in [0.25, 0.3) is 22.0 Å². The van der Waals surface area contributed by atoms with E-state index in [2.05, 4.69) is 35.5 Å². The highest BCUT2D eigenvalue weighted by Gasteiger charge is 2.59. The molecule has 226 valence electrons. The van der Waals surface area contributed by atoms with Crippen molar-refractivity contribution < 1.29 is 22.3 Å². The second-order valence-electron chi connectivity index (χ2n) is 11.2. The van der Waals surface area contributed by atoms with Gasteiger partial charge in [-0.3, -0.25) is 14.5 Å². The van der Waals surface area contributed by atoms with Crippen LogP contribution in [-0.4, -0.2) is 90.1 Å². The molecule has 2 aliphatic rings. The highest BCUT2D eigenvalue weighted by atomic mass is 32.2. The lowest BCUT2D eigenvalue weighted by Gasteiger charge is -2.46. The summed E-state index contributed by atoms with van der Waals surface area (Å²) in [6.45, 7) is 5.44. The number of pyridine rings is 2. The van der Waals surface area contributed by atoms with E-state index in [1.165, 1.54) is 18.3 Å². The lowest BCUT2D eigenvalue weighted by atomic mass is 9.73. The summed E-state index contributed by atoms with van der Waals surface area (Å²) in [5.41, 5.74) is 1.46. The van der Waals surface area contributed by atoms with E-state index in [0.29, 0.717) is 47.7 Å². The van der Waals surface area contributed by atoms with Gasteiger partial charge in [0.2, 0.25) is 27.8 Å². The normalized spacial score (nSPS) is 15.8. The first-order valence-electron chi connectivity index (χ1n) is 13.6. The van der Waals surface area contributed by atoms with Crippen molar-refractivity contribution in [3.05, 3.63) is 42.0 Å². The van der Waals surface area contributed by atoms with Crippen LogP contribution in [0.2, 0.25) is 0 Å². The summed E-state index contributed by atoms with van der Waals surface area (Å²) in [6, 6.07) is 4.70. The lowest BCUT2D eigenvalue weighted by Crippen LogP contribution is -2.64. The number of aromatic nitrogens is 6. The molecule has 1 saturated heterocycles. The van der Waals surface area contributed by atoms with Crippen molar-refractivity contribution in [2.45, 2.75) is 25.3 Å². The number of nitrogens with one attached hydrogen (secondary N) is 2. The Hall–Kier alpha value is -4.44. The van der Waals surface area contributed by atoms with Crippen LogP contribution in [0.4, 0.5) is 21.7 Å². The third kappa shape index (κ3) is 4.99. The van der Waals surface area contributed by atoms with E-state index in [9.17, 15) is 13.2 Å². The molecule has 0 bridgehead atoms. The molecule has 2 N–H and O–H groups in total. The number of likely N-dealkylation sites (N-methyl/N-ethyl adjacent to an activating group) is 1. The van der Waals surface area contributed by atoms with Gasteiger partial charge in [0.1, 0.15) is 23.5 Å². The van der Waals surface area contributed by atoms with Gasteiger partial charge in [0.25, 0.3) is 0 Å². The smallest absolute Gasteiger partial charge is 0.245 e. The van der Waals surface area contributed by atoms with E-state index in [1.807, 2.05) is 18.7 Å². The van der Waals surface area contributed by atoms with Crippen LogP contribution in [0.3, 0.4) is 0 Å². The fourth-order valence-electron chi connectivity index (χ4n) is 5.73. The zero-order valence-corrected chi connectivity index (χ0v) is 25.1. The summed E-state index contributed by atoms with van der Waals surface area (Å²) in [6.07, 6.45) is 4.03. The van der Waals surface area contributed by atoms with E-state index in [1.54, 1.807) is 35.9 Å². The van der Waals surface area contributed by atoms with Gasteiger partial charge in [-0.25, -0.2) is 22.5 Å². The summed E-state index contributed by atoms with van der Waals surface area (Å²) in [5.74, 6) is -0.0563. The van der Waals surface area contributed by atoms with E-state index >= 15 is 4.39 Å². The number of sulfonamides is 1. The Bertz CT molecular complexity index is 1860. The van der Waals surface area contributed by atoms with Crippen LogP contribution >= 0.6 is 0 Å². The third-order valence-electron chi connectivity index (χ3n) is 7.64. The fraction of sp³-hybridized carbons (Fsp3) is 0.407. The predicted octanol–water partition coefficient (Wildman–Crippen LogP) is 1.44. The number of aryl methyl sites for hydroxylation is 1. The minimum Gasteiger partial charge on any atom is -0.475 e. The molecule has 43 heavy (non-hydrogen) atoms. The molecule has 1 aromatic carbocycles.